The average Bonchev–Trinajstić information content (AvgIpc) is 2.50. The fourth-order valence-electron chi connectivity index (χ4n) is 2.21. The molecule has 1 atom stereocenters. The molecule has 21 heavy (non-hydrogen) atoms. The molecule has 7 heteroatoms. The van der Waals surface area contributed by atoms with Crippen LogP contribution in [0.3, 0.4) is 0 Å². The van der Waals surface area contributed by atoms with Gasteiger partial charge in [0.05, 0.1) is 31.5 Å². The van der Waals surface area contributed by atoms with Gasteiger partial charge < -0.3 is 20.7 Å². The quantitative estimate of drug-likeness (QED) is 0.785. The van der Waals surface area contributed by atoms with E-state index in [1.54, 1.807) is 17.0 Å². The minimum absolute atomic E-state index is 0.133. The van der Waals surface area contributed by atoms with Crippen LogP contribution >= 0.6 is 0 Å². The zero-order chi connectivity index (χ0) is 15.2. The first-order chi connectivity index (χ1) is 10.1. The molecule has 1 aliphatic heterocycles. The van der Waals surface area contributed by atoms with E-state index in [0.29, 0.717) is 31.1 Å². The van der Waals surface area contributed by atoms with Crippen LogP contribution in [0.25, 0.3) is 0 Å². The molecule has 0 saturated carbocycles. The van der Waals surface area contributed by atoms with E-state index >= 15 is 0 Å². The van der Waals surface area contributed by atoms with Gasteiger partial charge in [0.25, 0.3) is 0 Å². The lowest BCUT2D eigenvalue weighted by atomic mass is 10.1. The number of carbonyl (C=O) groups is 2. The number of nitrogens with one attached hydrogen (secondary N) is 1. The zero-order valence-electron chi connectivity index (χ0n) is 12.0. The topological polar surface area (TPSA) is 97.5 Å². The molecule has 0 aromatic carbocycles. The zero-order valence-corrected chi connectivity index (χ0v) is 12.0. The van der Waals surface area contributed by atoms with Gasteiger partial charge in [-0.25, -0.2) is 0 Å². The van der Waals surface area contributed by atoms with Crippen molar-refractivity contribution < 1.29 is 14.3 Å². The van der Waals surface area contributed by atoms with Crippen LogP contribution < -0.4 is 11.1 Å². The minimum atomic E-state index is -0.569. The lowest BCUT2D eigenvalue weighted by molar-refractivity contribution is -0.148. The average molecular weight is 292 g/mol. The highest BCUT2D eigenvalue weighted by Crippen LogP contribution is 2.11. The number of hydrogen-bond acceptors (Lipinski definition) is 5. The van der Waals surface area contributed by atoms with Crippen LogP contribution in [0.2, 0.25) is 0 Å². The van der Waals surface area contributed by atoms with Crippen LogP contribution in [0.4, 0.5) is 5.69 Å². The van der Waals surface area contributed by atoms with Crippen molar-refractivity contribution in [3.05, 3.63) is 24.0 Å². The largest absolute Gasteiger partial charge is 0.397 e. The Morgan fingerprint density at radius 2 is 2.33 bits per heavy atom. The van der Waals surface area contributed by atoms with Gasteiger partial charge in [-0.15, -0.1) is 0 Å². The highest BCUT2D eigenvalue weighted by Gasteiger charge is 2.32. The number of anilines is 1. The Morgan fingerprint density at radius 1 is 1.52 bits per heavy atom. The summed E-state index contributed by atoms with van der Waals surface area (Å²) in [6.07, 6.45) is 1.67. The number of carbonyl (C=O) groups excluding carboxylic acids is 2. The molecular formula is C14H20N4O3. The minimum Gasteiger partial charge on any atom is -0.397 e. The molecule has 2 heterocycles. The third-order valence-corrected chi connectivity index (χ3v) is 3.28. The lowest BCUT2D eigenvalue weighted by Crippen LogP contribution is -2.56. The van der Waals surface area contributed by atoms with Gasteiger partial charge in [0.2, 0.25) is 11.8 Å². The van der Waals surface area contributed by atoms with Gasteiger partial charge in [0, 0.05) is 18.8 Å². The fourth-order valence-corrected chi connectivity index (χ4v) is 2.21. The van der Waals surface area contributed by atoms with Gasteiger partial charge in [0.15, 0.2) is 0 Å². The van der Waals surface area contributed by atoms with Gasteiger partial charge in [-0.05, 0) is 19.1 Å². The third kappa shape index (κ3) is 3.91. The summed E-state index contributed by atoms with van der Waals surface area (Å²) in [6, 6.07) is 2.85. The molecule has 3 N–H and O–H groups in total. The van der Waals surface area contributed by atoms with Crippen LogP contribution in [-0.4, -0.2) is 54.0 Å². The van der Waals surface area contributed by atoms with E-state index < -0.39 is 6.04 Å². The second kappa shape index (κ2) is 7.03. The third-order valence-electron chi connectivity index (χ3n) is 3.28. The molecule has 7 nitrogen and oxygen atoms in total. The van der Waals surface area contributed by atoms with Crippen molar-refractivity contribution in [2.75, 3.05) is 32.0 Å². The summed E-state index contributed by atoms with van der Waals surface area (Å²) >= 11 is 0. The van der Waals surface area contributed by atoms with Crippen LogP contribution in [-0.2, 0) is 20.7 Å². The van der Waals surface area contributed by atoms with E-state index in [2.05, 4.69) is 10.3 Å². The first-order valence-corrected chi connectivity index (χ1v) is 6.97. The molecule has 0 spiro atoms. The van der Waals surface area contributed by atoms with E-state index in [-0.39, 0.29) is 24.8 Å². The van der Waals surface area contributed by atoms with Crippen molar-refractivity contribution in [3.63, 3.8) is 0 Å². The number of nitrogen functional groups attached to an aromatic ring is 1. The van der Waals surface area contributed by atoms with Gasteiger partial charge in [0.1, 0.15) is 6.04 Å². The number of morpholine rings is 1. The van der Waals surface area contributed by atoms with Crippen LogP contribution in [0.15, 0.2) is 18.3 Å². The Bertz CT molecular complexity index is 503. The highest BCUT2D eigenvalue weighted by molar-refractivity contribution is 5.88. The number of nitrogens with zero attached hydrogens (tertiary/aromatic N) is 2. The summed E-state index contributed by atoms with van der Waals surface area (Å²) < 4.78 is 5.31. The molecule has 1 fully saturated rings. The van der Waals surface area contributed by atoms with Crippen LogP contribution in [0.1, 0.15) is 12.6 Å². The molecule has 0 aliphatic carbocycles. The summed E-state index contributed by atoms with van der Waals surface area (Å²) in [4.78, 5) is 30.1. The molecular weight excluding hydrogens is 272 g/mol. The van der Waals surface area contributed by atoms with Crippen molar-refractivity contribution in [2.24, 2.45) is 0 Å². The monoisotopic (exact) mass is 292 g/mol. The Balaban J connectivity index is 2.04. The number of likely N-dealkylation sites (N-methyl/N-ethyl adjacent to an activating group) is 1. The van der Waals surface area contributed by atoms with E-state index in [0.717, 1.165) is 0 Å². The van der Waals surface area contributed by atoms with Crippen LogP contribution in [0.5, 0.6) is 0 Å². The maximum atomic E-state index is 12.4. The maximum absolute atomic E-state index is 12.4. The predicted octanol–water partition coefficient (Wildman–Crippen LogP) is -0.430. The van der Waals surface area contributed by atoms with Gasteiger partial charge in [-0.1, -0.05) is 0 Å². The molecule has 1 saturated heterocycles. The number of hydrogen-bond donors (Lipinski definition) is 2. The van der Waals surface area contributed by atoms with Crippen molar-refractivity contribution in [2.45, 2.75) is 19.4 Å². The summed E-state index contributed by atoms with van der Waals surface area (Å²) in [7, 11) is 0. The van der Waals surface area contributed by atoms with Crippen LogP contribution in [0, 0.1) is 0 Å². The Kier molecular flexibility index (Phi) is 5.10. The maximum Gasteiger partial charge on any atom is 0.245 e. The summed E-state index contributed by atoms with van der Waals surface area (Å²) in [5, 5.41) is 2.73. The summed E-state index contributed by atoms with van der Waals surface area (Å²) in [6.45, 7) is 3.45. The van der Waals surface area contributed by atoms with Gasteiger partial charge >= 0.3 is 0 Å². The van der Waals surface area contributed by atoms with E-state index in [9.17, 15) is 9.59 Å². The van der Waals surface area contributed by atoms with Crippen molar-refractivity contribution in [3.8, 4) is 0 Å². The Morgan fingerprint density at radius 3 is 3.00 bits per heavy atom. The summed E-state index contributed by atoms with van der Waals surface area (Å²) in [5.41, 5.74) is 6.76. The Hall–Kier alpha value is -2.15. The molecule has 114 valence electrons. The first-order valence-electron chi connectivity index (χ1n) is 6.97. The van der Waals surface area contributed by atoms with Gasteiger partial charge in [-0.2, -0.15) is 0 Å². The molecule has 1 aromatic heterocycles. The Labute approximate surface area is 123 Å². The van der Waals surface area contributed by atoms with E-state index in [4.69, 9.17) is 10.5 Å². The molecule has 1 unspecified atom stereocenters. The number of ether oxygens (including phenoxy) is 1. The number of nitrogens with two attached hydrogens (primary N) is 1. The van der Waals surface area contributed by atoms with Gasteiger partial charge in [-0.3, -0.25) is 14.6 Å². The van der Waals surface area contributed by atoms with E-state index in [1.807, 2.05) is 6.92 Å². The number of aromatic nitrogens is 1. The van der Waals surface area contributed by atoms with Crippen molar-refractivity contribution >= 4 is 17.5 Å². The molecule has 1 aromatic rings. The molecule has 0 bridgehead atoms. The number of amides is 2. The van der Waals surface area contributed by atoms with Crippen molar-refractivity contribution in [1.82, 2.24) is 15.2 Å². The molecule has 2 rings (SSSR count). The predicted molar refractivity (Wildman–Crippen MR) is 77.4 cm³/mol. The normalized spacial score (nSPS) is 18.3. The smallest absolute Gasteiger partial charge is 0.245 e. The lowest BCUT2D eigenvalue weighted by Gasteiger charge is -2.34. The first kappa shape index (κ1) is 15.2. The fraction of sp³-hybridized carbons (Fsp3) is 0.500. The SMILES string of the molecule is CCNC(=O)C1COCCN1C(=O)Cc1ccc(N)cn1. The second-order valence-electron chi connectivity index (χ2n) is 4.83. The van der Waals surface area contributed by atoms with Crippen molar-refractivity contribution in [1.29, 1.82) is 0 Å². The molecule has 1 aliphatic rings. The molecule has 0 radical (unpaired) electrons. The summed E-state index contributed by atoms with van der Waals surface area (Å²) in [5.74, 6) is -0.317. The number of pyridine rings is 1. The highest BCUT2D eigenvalue weighted by atomic mass is 16.5. The standard InChI is InChI=1S/C14H20N4O3/c1-2-16-14(20)12-9-21-6-5-18(12)13(19)7-11-4-3-10(15)8-17-11/h3-4,8,12H,2,5-7,9,15H2,1H3,(H,16,20). The number of rotatable bonds is 4. The van der Waals surface area contributed by atoms with E-state index in [1.165, 1.54) is 6.20 Å². The second-order valence-corrected chi connectivity index (χ2v) is 4.83. The molecule has 2 amide bonds.